The molecule has 0 aliphatic rings. The van der Waals surface area contributed by atoms with Crippen molar-refractivity contribution in [2.24, 2.45) is 0 Å². The average Bonchev–Trinajstić information content (AvgIpc) is 2.77. The zero-order chi connectivity index (χ0) is 14.1. The minimum atomic E-state index is -0.387. The number of nitrogens with zero attached hydrogens (tertiary/aromatic N) is 2. The number of hydrogen-bond acceptors (Lipinski definition) is 2. The molecule has 3 rings (SSSR count). The molecule has 0 aliphatic heterocycles. The molecule has 100 valence electrons. The van der Waals surface area contributed by atoms with Crippen LogP contribution in [0.4, 0.5) is 10.1 Å². The molecule has 0 radical (unpaired) electrons. The number of rotatable bonds is 2. The van der Waals surface area contributed by atoms with Crippen molar-refractivity contribution >= 4 is 17.2 Å². The first-order valence-corrected chi connectivity index (χ1v) is 6.14. The Morgan fingerprint density at radius 1 is 1.30 bits per heavy atom. The molecule has 0 fully saturated rings. The molecule has 0 aliphatic carbocycles. The van der Waals surface area contributed by atoms with Crippen LogP contribution >= 0.6 is 0 Å². The van der Waals surface area contributed by atoms with E-state index in [-0.39, 0.29) is 11.7 Å². The Hall–Kier alpha value is -2.69. The van der Waals surface area contributed by atoms with Gasteiger partial charge in [0.25, 0.3) is 5.91 Å². The van der Waals surface area contributed by atoms with Crippen LogP contribution in [-0.2, 0) is 0 Å². The van der Waals surface area contributed by atoms with Crippen molar-refractivity contribution in [2.45, 2.75) is 6.92 Å². The van der Waals surface area contributed by atoms with Gasteiger partial charge in [-0.2, -0.15) is 0 Å². The lowest BCUT2D eigenvalue weighted by Crippen LogP contribution is -2.12. The molecule has 0 saturated heterocycles. The SMILES string of the molecule is Cc1cn2ccc(C(=O)Nc3cccc(F)c3)cc2n1. The number of anilines is 1. The zero-order valence-corrected chi connectivity index (χ0v) is 10.8. The number of carbonyl (C=O) groups is 1. The molecule has 0 saturated carbocycles. The third-order valence-electron chi connectivity index (χ3n) is 2.93. The third-order valence-corrected chi connectivity index (χ3v) is 2.93. The first-order valence-electron chi connectivity index (χ1n) is 6.14. The highest BCUT2D eigenvalue weighted by atomic mass is 19.1. The molecule has 20 heavy (non-hydrogen) atoms. The molecule has 0 spiro atoms. The van der Waals surface area contributed by atoms with Crippen LogP contribution in [0, 0.1) is 12.7 Å². The number of pyridine rings is 1. The van der Waals surface area contributed by atoms with E-state index < -0.39 is 0 Å². The maximum absolute atomic E-state index is 13.1. The lowest BCUT2D eigenvalue weighted by molar-refractivity contribution is 0.102. The summed E-state index contributed by atoms with van der Waals surface area (Å²) in [5, 5.41) is 2.65. The van der Waals surface area contributed by atoms with Gasteiger partial charge in [0, 0.05) is 23.6 Å². The van der Waals surface area contributed by atoms with Gasteiger partial charge in [-0.25, -0.2) is 9.37 Å². The maximum Gasteiger partial charge on any atom is 0.255 e. The van der Waals surface area contributed by atoms with Crippen LogP contribution in [0.3, 0.4) is 0 Å². The minimum Gasteiger partial charge on any atom is -0.322 e. The van der Waals surface area contributed by atoms with Crippen molar-refractivity contribution in [3.05, 3.63) is 65.9 Å². The highest BCUT2D eigenvalue weighted by Gasteiger charge is 2.08. The van der Waals surface area contributed by atoms with E-state index in [9.17, 15) is 9.18 Å². The monoisotopic (exact) mass is 269 g/mol. The Kier molecular flexibility index (Phi) is 2.95. The standard InChI is InChI=1S/C15H12FN3O/c1-10-9-19-6-5-11(7-14(19)17-10)15(20)18-13-4-2-3-12(16)8-13/h2-9H,1H3,(H,18,20). The fourth-order valence-corrected chi connectivity index (χ4v) is 2.02. The molecule has 2 heterocycles. The Bertz CT molecular complexity index is 795. The number of benzene rings is 1. The van der Waals surface area contributed by atoms with E-state index in [4.69, 9.17) is 0 Å². The molecule has 1 N–H and O–H groups in total. The number of carbonyl (C=O) groups excluding carboxylic acids is 1. The number of halogens is 1. The van der Waals surface area contributed by atoms with Gasteiger partial charge in [0.2, 0.25) is 0 Å². The van der Waals surface area contributed by atoms with E-state index in [2.05, 4.69) is 10.3 Å². The molecular formula is C15H12FN3O. The molecule has 0 bridgehead atoms. The summed E-state index contributed by atoms with van der Waals surface area (Å²) in [5.74, 6) is -0.680. The van der Waals surface area contributed by atoms with Gasteiger partial charge in [0.15, 0.2) is 0 Å². The summed E-state index contributed by atoms with van der Waals surface area (Å²) in [6.45, 7) is 1.89. The summed E-state index contributed by atoms with van der Waals surface area (Å²) in [7, 11) is 0. The third kappa shape index (κ3) is 2.38. The van der Waals surface area contributed by atoms with Gasteiger partial charge in [-0.15, -0.1) is 0 Å². The number of hydrogen-bond donors (Lipinski definition) is 1. The largest absolute Gasteiger partial charge is 0.322 e. The van der Waals surface area contributed by atoms with E-state index in [0.717, 1.165) is 5.69 Å². The van der Waals surface area contributed by atoms with E-state index in [1.807, 2.05) is 17.5 Å². The normalized spacial score (nSPS) is 10.7. The molecule has 0 unspecified atom stereocenters. The summed E-state index contributed by atoms with van der Waals surface area (Å²) < 4.78 is 14.9. The summed E-state index contributed by atoms with van der Waals surface area (Å²) >= 11 is 0. The van der Waals surface area contributed by atoms with Gasteiger partial charge >= 0.3 is 0 Å². The Morgan fingerprint density at radius 3 is 2.95 bits per heavy atom. The lowest BCUT2D eigenvalue weighted by Gasteiger charge is -2.05. The number of aryl methyl sites for hydroxylation is 1. The fourth-order valence-electron chi connectivity index (χ4n) is 2.02. The van der Waals surface area contributed by atoms with Crippen LogP contribution in [0.2, 0.25) is 0 Å². The maximum atomic E-state index is 13.1. The summed E-state index contributed by atoms with van der Waals surface area (Å²) in [6.07, 6.45) is 3.65. The lowest BCUT2D eigenvalue weighted by atomic mass is 10.2. The second-order valence-electron chi connectivity index (χ2n) is 4.53. The van der Waals surface area contributed by atoms with Crippen LogP contribution in [0.1, 0.15) is 16.1 Å². The van der Waals surface area contributed by atoms with Gasteiger partial charge in [-0.05, 0) is 37.3 Å². The van der Waals surface area contributed by atoms with Crippen LogP contribution in [0.15, 0.2) is 48.8 Å². The highest BCUT2D eigenvalue weighted by molar-refractivity contribution is 6.04. The van der Waals surface area contributed by atoms with Crippen LogP contribution in [0.25, 0.3) is 5.65 Å². The minimum absolute atomic E-state index is 0.293. The molecule has 3 aromatic rings. The van der Waals surface area contributed by atoms with Crippen molar-refractivity contribution in [2.75, 3.05) is 5.32 Å². The van der Waals surface area contributed by atoms with Crippen LogP contribution in [-0.4, -0.2) is 15.3 Å². The van der Waals surface area contributed by atoms with E-state index in [1.54, 1.807) is 30.5 Å². The van der Waals surface area contributed by atoms with Crippen molar-refractivity contribution in [3.63, 3.8) is 0 Å². The van der Waals surface area contributed by atoms with E-state index in [1.165, 1.54) is 12.1 Å². The van der Waals surface area contributed by atoms with Gasteiger partial charge in [0.1, 0.15) is 11.5 Å². The van der Waals surface area contributed by atoms with E-state index >= 15 is 0 Å². The smallest absolute Gasteiger partial charge is 0.255 e. The first kappa shape index (κ1) is 12.3. The van der Waals surface area contributed by atoms with Crippen LogP contribution < -0.4 is 5.32 Å². The van der Waals surface area contributed by atoms with Crippen molar-refractivity contribution in [3.8, 4) is 0 Å². The fraction of sp³-hybridized carbons (Fsp3) is 0.0667. The molecule has 4 nitrogen and oxygen atoms in total. The topological polar surface area (TPSA) is 46.4 Å². The molecule has 1 aromatic carbocycles. The zero-order valence-electron chi connectivity index (χ0n) is 10.8. The van der Waals surface area contributed by atoms with E-state index in [0.29, 0.717) is 16.9 Å². The first-order chi connectivity index (χ1) is 9.61. The van der Waals surface area contributed by atoms with Crippen LogP contribution in [0.5, 0.6) is 0 Å². The van der Waals surface area contributed by atoms with Crippen molar-refractivity contribution < 1.29 is 9.18 Å². The number of nitrogens with one attached hydrogen (secondary N) is 1. The average molecular weight is 269 g/mol. The number of amides is 1. The molecule has 0 atom stereocenters. The van der Waals surface area contributed by atoms with Crippen molar-refractivity contribution in [1.82, 2.24) is 9.38 Å². The molecular weight excluding hydrogens is 257 g/mol. The molecule has 2 aromatic heterocycles. The Balaban J connectivity index is 1.88. The number of imidazole rings is 1. The molecule has 1 amide bonds. The van der Waals surface area contributed by atoms with Gasteiger partial charge in [0.05, 0.1) is 5.69 Å². The number of fused-ring (bicyclic) bond motifs is 1. The molecule has 5 heteroatoms. The summed E-state index contributed by atoms with van der Waals surface area (Å²) in [4.78, 5) is 16.4. The highest BCUT2D eigenvalue weighted by Crippen LogP contribution is 2.13. The second-order valence-corrected chi connectivity index (χ2v) is 4.53. The summed E-state index contributed by atoms with van der Waals surface area (Å²) in [5.41, 5.74) is 2.49. The predicted molar refractivity (Wildman–Crippen MR) is 74.3 cm³/mol. The second kappa shape index (κ2) is 4.77. The Labute approximate surface area is 114 Å². The van der Waals surface area contributed by atoms with Gasteiger partial charge in [-0.1, -0.05) is 6.07 Å². The summed E-state index contributed by atoms with van der Waals surface area (Å²) in [6, 6.07) is 9.18. The van der Waals surface area contributed by atoms with Crippen molar-refractivity contribution in [1.29, 1.82) is 0 Å². The number of aromatic nitrogens is 2. The van der Waals surface area contributed by atoms with Gasteiger partial charge < -0.3 is 9.72 Å². The Morgan fingerprint density at radius 2 is 2.15 bits per heavy atom. The quantitative estimate of drug-likeness (QED) is 0.777. The van der Waals surface area contributed by atoms with Gasteiger partial charge in [-0.3, -0.25) is 4.79 Å². The predicted octanol–water partition coefficient (Wildman–Crippen LogP) is 3.03.